The summed E-state index contributed by atoms with van der Waals surface area (Å²) in [4.78, 5) is 27.4. The van der Waals surface area contributed by atoms with Crippen molar-refractivity contribution in [3.05, 3.63) is 29.6 Å². The molecule has 1 aromatic rings. The van der Waals surface area contributed by atoms with Crippen LogP contribution in [0.15, 0.2) is 18.3 Å². The van der Waals surface area contributed by atoms with Crippen LogP contribution in [-0.4, -0.2) is 28.1 Å². The van der Waals surface area contributed by atoms with Gasteiger partial charge in [-0.15, -0.1) is 0 Å². The maximum Gasteiger partial charge on any atom is 0.210 e. The van der Waals surface area contributed by atoms with Crippen molar-refractivity contribution in [2.75, 3.05) is 0 Å². The molecule has 0 unspecified atom stereocenters. The van der Waals surface area contributed by atoms with Crippen LogP contribution >= 0.6 is 0 Å². The highest BCUT2D eigenvalue weighted by Crippen LogP contribution is 2.13. The average Bonchev–Trinajstić information content (AvgIpc) is 2.25. The van der Waals surface area contributed by atoms with Crippen LogP contribution in [0.1, 0.15) is 25.1 Å². The van der Waals surface area contributed by atoms with Crippen LogP contribution in [0.2, 0.25) is 0 Å². The Morgan fingerprint density at radius 1 is 1.44 bits per heavy atom. The van der Waals surface area contributed by atoms with E-state index in [4.69, 9.17) is 0 Å². The molecule has 0 fully saturated rings. The highest BCUT2D eigenvalue weighted by Gasteiger charge is 2.24. The first-order valence-corrected chi connectivity index (χ1v) is 5.09. The molecule has 0 aliphatic rings. The van der Waals surface area contributed by atoms with Crippen molar-refractivity contribution in [1.82, 2.24) is 9.88 Å². The van der Waals surface area contributed by atoms with E-state index in [2.05, 4.69) is 4.98 Å². The van der Waals surface area contributed by atoms with Crippen LogP contribution in [0.3, 0.4) is 0 Å². The SMILES string of the molecule is Cc1cc(CN(C=O)C(C)(C)C=O)ccn1. The van der Waals surface area contributed by atoms with Gasteiger partial charge in [0.2, 0.25) is 6.41 Å². The van der Waals surface area contributed by atoms with Crippen molar-refractivity contribution < 1.29 is 9.59 Å². The topological polar surface area (TPSA) is 50.3 Å². The third kappa shape index (κ3) is 2.89. The number of nitrogens with zero attached hydrogens (tertiary/aromatic N) is 2. The Kier molecular flexibility index (Phi) is 3.77. The molecule has 0 saturated carbocycles. The first-order chi connectivity index (χ1) is 7.49. The lowest BCUT2D eigenvalue weighted by atomic mass is 10.0. The predicted octanol–water partition coefficient (Wildman–Crippen LogP) is 1.33. The Hall–Kier alpha value is -1.71. The van der Waals surface area contributed by atoms with E-state index in [0.29, 0.717) is 13.0 Å². The van der Waals surface area contributed by atoms with Gasteiger partial charge in [-0.3, -0.25) is 9.78 Å². The summed E-state index contributed by atoms with van der Waals surface area (Å²) in [7, 11) is 0. The molecular weight excluding hydrogens is 204 g/mol. The van der Waals surface area contributed by atoms with Crippen molar-refractivity contribution >= 4 is 12.7 Å². The van der Waals surface area contributed by atoms with Gasteiger partial charge in [-0.1, -0.05) is 0 Å². The average molecular weight is 220 g/mol. The number of aryl methyl sites for hydroxylation is 1. The lowest BCUT2D eigenvalue weighted by molar-refractivity contribution is -0.130. The van der Waals surface area contributed by atoms with E-state index in [-0.39, 0.29) is 0 Å². The maximum atomic E-state index is 11.0. The standard InChI is InChI=1S/C12H16N2O2/c1-10-6-11(4-5-13-10)7-14(9-16)12(2,3)8-15/h4-6,8-9H,7H2,1-3H3. The molecule has 0 aromatic carbocycles. The van der Waals surface area contributed by atoms with Crippen LogP contribution in [0.25, 0.3) is 0 Å². The van der Waals surface area contributed by atoms with Crippen molar-refractivity contribution in [1.29, 1.82) is 0 Å². The largest absolute Gasteiger partial charge is 0.329 e. The van der Waals surface area contributed by atoms with E-state index >= 15 is 0 Å². The van der Waals surface area contributed by atoms with E-state index < -0.39 is 5.54 Å². The number of pyridine rings is 1. The van der Waals surface area contributed by atoms with Crippen molar-refractivity contribution in [3.8, 4) is 0 Å². The number of hydrogen-bond acceptors (Lipinski definition) is 3. The second kappa shape index (κ2) is 4.88. The monoisotopic (exact) mass is 220 g/mol. The van der Waals surface area contributed by atoms with Crippen LogP contribution in [-0.2, 0) is 16.1 Å². The van der Waals surface area contributed by atoms with E-state index in [9.17, 15) is 9.59 Å². The summed E-state index contributed by atoms with van der Waals surface area (Å²) in [5.41, 5.74) is 1.08. The number of carbonyl (C=O) groups is 2. The Morgan fingerprint density at radius 2 is 2.12 bits per heavy atom. The molecular formula is C12H16N2O2. The lowest BCUT2D eigenvalue weighted by Gasteiger charge is -2.30. The minimum absolute atomic E-state index is 0.415. The first-order valence-electron chi connectivity index (χ1n) is 5.09. The summed E-state index contributed by atoms with van der Waals surface area (Å²) in [5, 5.41) is 0. The highest BCUT2D eigenvalue weighted by atomic mass is 16.1. The fourth-order valence-corrected chi connectivity index (χ4v) is 1.34. The molecule has 16 heavy (non-hydrogen) atoms. The number of amides is 1. The summed E-state index contributed by atoms with van der Waals surface area (Å²) in [6, 6.07) is 3.74. The van der Waals surface area contributed by atoms with Gasteiger partial charge in [0.1, 0.15) is 6.29 Å². The fraction of sp³-hybridized carbons (Fsp3) is 0.417. The third-order valence-electron chi connectivity index (χ3n) is 2.47. The number of rotatable bonds is 5. The van der Waals surface area contributed by atoms with Crippen molar-refractivity contribution in [2.45, 2.75) is 32.9 Å². The van der Waals surface area contributed by atoms with Gasteiger partial charge < -0.3 is 9.69 Å². The van der Waals surface area contributed by atoms with E-state index in [1.165, 1.54) is 4.90 Å². The number of carbonyl (C=O) groups excluding carboxylic acids is 2. The van der Waals surface area contributed by atoms with Gasteiger partial charge in [0.15, 0.2) is 0 Å². The summed E-state index contributed by atoms with van der Waals surface area (Å²) in [6.45, 7) is 5.73. The van der Waals surface area contributed by atoms with Crippen molar-refractivity contribution in [3.63, 3.8) is 0 Å². The van der Waals surface area contributed by atoms with Gasteiger partial charge in [0.05, 0.1) is 5.54 Å². The predicted molar refractivity (Wildman–Crippen MR) is 60.7 cm³/mol. The molecule has 1 amide bonds. The number of hydrogen-bond donors (Lipinski definition) is 0. The Balaban J connectivity index is 2.86. The Morgan fingerprint density at radius 3 is 2.62 bits per heavy atom. The molecule has 1 aromatic heterocycles. The summed E-state index contributed by atoms with van der Waals surface area (Å²) in [5.74, 6) is 0. The number of aromatic nitrogens is 1. The molecule has 0 aliphatic carbocycles. The van der Waals surface area contributed by atoms with Gasteiger partial charge in [0.25, 0.3) is 0 Å². The Labute approximate surface area is 95.3 Å². The van der Waals surface area contributed by atoms with Gasteiger partial charge >= 0.3 is 0 Å². The molecule has 0 saturated heterocycles. The maximum absolute atomic E-state index is 11.0. The summed E-state index contributed by atoms with van der Waals surface area (Å²) < 4.78 is 0. The number of aldehydes is 1. The van der Waals surface area contributed by atoms with Gasteiger partial charge in [-0.05, 0) is 38.5 Å². The second-order valence-electron chi connectivity index (χ2n) is 4.31. The van der Waals surface area contributed by atoms with Gasteiger partial charge in [-0.25, -0.2) is 0 Å². The zero-order valence-corrected chi connectivity index (χ0v) is 9.80. The molecule has 0 radical (unpaired) electrons. The van der Waals surface area contributed by atoms with E-state index in [0.717, 1.165) is 17.5 Å². The molecule has 1 rings (SSSR count). The van der Waals surface area contributed by atoms with Crippen molar-refractivity contribution in [2.24, 2.45) is 0 Å². The minimum atomic E-state index is -0.779. The first kappa shape index (κ1) is 12.4. The zero-order chi connectivity index (χ0) is 12.2. The van der Waals surface area contributed by atoms with Crippen LogP contribution in [0.5, 0.6) is 0 Å². The molecule has 4 heteroatoms. The van der Waals surface area contributed by atoms with Crippen LogP contribution < -0.4 is 0 Å². The van der Waals surface area contributed by atoms with Crippen LogP contribution in [0.4, 0.5) is 0 Å². The third-order valence-corrected chi connectivity index (χ3v) is 2.47. The zero-order valence-electron chi connectivity index (χ0n) is 9.80. The van der Waals surface area contributed by atoms with E-state index in [1.54, 1.807) is 20.0 Å². The summed E-state index contributed by atoms with van der Waals surface area (Å²) >= 11 is 0. The molecule has 0 atom stereocenters. The molecule has 0 spiro atoms. The fourth-order valence-electron chi connectivity index (χ4n) is 1.34. The molecule has 4 nitrogen and oxygen atoms in total. The van der Waals surface area contributed by atoms with Crippen LogP contribution in [0, 0.1) is 6.92 Å². The molecule has 1 heterocycles. The molecule has 0 N–H and O–H groups in total. The van der Waals surface area contributed by atoms with Gasteiger partial charge in [-0.2, -0.15) is 0 Å². The van der Waals surface area contributed by atoms with E-state index in [1.807, 2.05) is 19.1 Å². The quantitative estimate of drug-likeness (QED) is 0.703. The summed E-state index contributed by atoms with van der Waals surface area (Å²) in [6.07, 6.45) is 3.17. The minimum Gasteiger partial charge on any atom is -0.329 e. The normalized spacial score (nSPS) is 10.9. The van der Waals surface area contributed by atoms with Gasteiger partial charge in [0, 0.05) is 18.4 Å². The highest BCUT2D eigenvalue weighted by molar-refractivity contribution is 5.68. The molecule has 86 valence electrons. The molecule has 0 aliphatic heterocycles. The Bertz CT molecular complexity index is 388. The lowest BCUT2D eigenvalue weighted by Crippen LogP contribution is -2.43. The smallest absolute Gasteiger partial charge is 0.210 e. The molecule has 0 bridgehead atoms. The second-order valence-corrected chi connectivity index (χ2v) is 4.31.